The highest BCUT2D eigenvalue weighted by Gasteiger charge is 2.15. The van der Waals surface area contributed by atoms with E-state index in [9.17, 15) is 5.11 Å². The molecule has 0 spiro atoms. The molecule has 0 fully saturated rings. The fraction of sp³-hybridized carbons (Fsp3) is 0.636. The van der Waals surface area contributed by atoms with Gasteiger partial charge in [0.1, 0.15) is 0 Å². The van der Waals surface area contributed by atoms with E-state index in [0.717, 1.165) is 10.3 Å². The second-order valence-electron chi connectivity index (χ2n) is 4.14. The topological polar surface area (TPSA) is 23.5 Å². The van der Waals surface area contributed by atoms with Gasteiger partial charge in [-0.2, -0.15) is 0 Å². The van der Waals surface area contributed by atoms with E-state index in [1.165, 1.54) is 5.00 Å². The van der Waals surface area contributed by atoms with E-state index < -0.39 is 0 Å². The molecular weight excluding hydrogens is 274 g/mol. The lowest BCUT2D eigenvalue weighted by molar-refractivity contribution is 0.193. The molecular formula is C11H18BrNOS. The number of halogens is 1. The molecule has 1 atom stereocenters. The van der Waals surface area contributed by atoms with E-state index in [1.54, 1.807) is 11.3 Å². The van der Waals surface area contributed by atoms with Crippen LogP contribution in [0.4, 0.5) is 5.00 Å². The van der Waals surface area contributed by atoms with Crippen LogP contribution < -0.4 is 4.90 Å². The summed E-state index contributed by atoms with van der Waals surface area (Å²) in [6, 6.07) is 4.16. The highest BCUT2D eigenvalue weighted by molar-refractivity contribution is 9.11. The maximum absolute atomic E-state index is 9.26. The van der Waals surface area contributed by atoms with Crippen molar-refractivity contribution in [3.63, 3.8) is 0 Å². The summed E-state index contributed by atoms with van der Waals surface area (Å²) in [5.41, 5.74) is 0. The van der Waals surface area contributed by atoms with Crippen LogP contribution in [0.25, 0.3) is 0 Å². The third-order valence-electron chi connectivity index (χ3n) is 2.62. The third-order valence-corrected chi connectivity index (χ3v) is 4.36. The lowest BCUT2D eigenvalue weighted by Crippen LogP contribution is -2.30. The average Bonchev–Trinajstić information content (AvgIpc) is 2.60. The molecule has 1 unspecified atom stereocenters. The van der Waals surface area contributed by atoms with Crippen LogP contribution in [0.15, 0.2) is 15.9 Å². The van der Waals surface area contributed by atoms with Gasteiger partial charge in [-0.05, 0) is 34.0 Å². The van der Waals surface area contributed by atoms with Crippen LogP contribution in [0.3, 0.4) is 0 Å². The molecule has 0 aromatic carbocycles. The zero-order valence-electron chi connectivity index (χ0n) is 9.40. The minimum atomic E-state index is 0.258. The van der Waals surface area contributed by atoms with Gasteiger partial charge in [0.2, 0.25) is 0 Å². The molecule has 1 rings (SSSR count). The summed E-state index contributed by atoms with van der Waals surface area (Å²) in [4.78, 5) is 2.20. The number of rotatable bonds is 5. The maximum Gasteiger partial charge on any atom is 0.0917 e. The van der Waals surface area contributed by atoms with Crippen LogP contribution >= 0.6 is 27.3 Å². The molecule has 15 heavy (non-hydrogen) atoms. The number of anilines is 1. The van der Waals surface area contributed by atoms with Crippen LogP contribution in [0.1, 0.15) is 13.8 Å². The Hall–Kier alpha value is -0.0600. The van der Waals surface area contributed by atoms with Crippen molar-refractivity contribution in [1.29, 1.82) is 0 Å². The summed E-state index contributed by atoms with van der Waals surface area (Å²) in [5.74, 6) is 0.858. The molecule has 0 saturated carbocycles. The van der Waals surface area contributed by atoms with E-state index in [4.69, 9.17) is 0 Å². The lowest BCUT2D eigenvalue weighted by Gasteiger charge is -2.25. The Kier molecular flexibility index (Phi) is 5.09. The second kappa shape index (κ2) is 5.87. The van der Waals surface area contributed by atoms with Gasteiger partial charge in [-0.3, -0.25) is 0 Å². The highest BCUT2D eigenvalue weighted by atomic mass is 79.9. The fourth-order valence-corrected chi connectivity index (χ4v) is 2.76. The molecule has 1 heterocycles. The Morgan fingerprint density at radius 3 is 2.53 bits per heavy atom. The standard InChI is InChI=1S/C11H18BrNOS/c1-8(2)9(7-14)6-13(3)11-5-4-10(12)15-11/h4-5,8-9,14H,6-7H2,1-3H3. The second-order valence-corrected chi connectivity index (χ2v) is 6.59. The lowest BCUT2D eigenvalue weighted by atomic mass is 9.96. The molecule has 4 heteroatoms. The summed E-state index contributed by atoms with van der Waals surface area (Å²) < 4.78 is 1.15. The molecule has 0 saturated heterocycles. The van der Waals surface area contributed by atoms with E-state index in [0.29, 0.717) is 11.8 Å². The highest BCUT2D eigenvalue weighted by Crippen LogP contribution is 2.30. The molecule has 0 bridgehead atoms. The molecule has 1 aromatic rings. The Morgan fingerprint density at radius 1 is 1.47 bits per heavy atom. The Morgan fingerprint density at radius 2 is 2.13 bits per heavy atom. The largest absolute Gasteiger partial charge is 0.396 e. The van der Waals surface area contributed by atoms with E-state index in [2.05, 4.69) is 53.9 Å². The van der Waals surface area contributed by atoms with E-state index in [-0.39, 0.29) is 6.61 Å². The van der Waals surface area contributed by atoms with Crippen LogP contribution in [0, 0.1) is 11.8 Å². The predicted molar refractivity (Wildman–Crippen MR) is 70.7 cm³/mol. The number of hydrogen-bond donors (Lipinski definition) is 1. The van der Waals surface area contributed by atoms with Gasteiger partial charge in [-0.15, -0.1) is 11.3 Å². The number of nitrogens with zero attached hydrogens (tertiary/aromatic N) is 1. The minimum Gasteiger partial charge on any atom is -0.396 e. The van der Waals surface area contributed by atoms with Gasteiger partial charge in [0.15, 0.2) is 0 Å². The van der Waals surface area contributed by atoms with Gasteiger partial charge in [0.05, 0.1) is 8.79 Å². The molecule has 1 aromatic heterocycles. The maximum atomic E-state index is 9.26. The predicted octanol–water partition coefficient (Wildman–Crippen LogP) is 3.21. The van der Waals surface area contributed by atoms with Crippen molar-refractivity contribution in [2.75, 3.05) is 25.1 Å². The van der Waals surface area contributed by atoms with Gasteiger partial charge >= 0.3 is 0 Å². The summed E-state index contributed by atoms with van der Waals surface area (Å²) >= 11 is 5.18. The van der Waals surface area contributed by atoms with Crippen molar-refractivity contribution in [1.82, 2.24) is 0 Å². The van der Waals surface area contributed by atoms with Gasteiger partial charge in [-0.25, -0.2) is 0 Å². The first kappa shape index (κ1) is 13.0. The number of thiophene rings is 1. The molecule has 0 aliphatic heterocycles. The van der Waals surface area contributed by atoms with Gasteiger partial charge < -0.3 is 10.0 Å². The fourth-order valence-electron chi connectivity index (χ4n) is 1.43. The first-order chi connectivity index (χ1) is 7.04. The first-order valence-corrected chi connectivity index (χ1v) is 6.73. The summed E-state index contributed by atoms with van der Waals surface area (Å²) in [6.07, 6.45) is 0. The molecule has 0 radical (unpaired) electrons. The molecule has 0 amide bonds. The molecule has 0 aliphatic rings. The minimum absolute atomic E-state index is 0.258. The quantitative estimate of drug-likeness (QED) is 0.901. The molecule has 2 nitrogen and oxygen atoms in total. The van der Waals surface area contributed by atoms with Gasteiger partial charge in [0.25, 0.3) is 0 Å². The van der Waals surface area contributed by atoms with Crippen molar-refractivity contribution in [3.8, 4) is 0 Å². The zero-order chi connectivity index (χ0) is 11.4. The van der Waals surface area contributed by atoms with Crippen LogP contribution in [0.5, 0.6) is 0 Å². The smallest absolute Gasteiger partial charge is 0.0917 e. The van der Waals surface area contributed by atoms with E-state index in [1.807, 2.05) is 0 Å². The van der Waals surface area contributed by atoms with Crippen LogP contribution in [0.2, 0.25) is 0 Å². The van der Waals surface area contributed by atoms with Crippen molar-refractivity contribution in [3.05, 3.63) is 15.9 Å². The number of hydrogen-bond acceptors (Lipinski definition) is 3. The monoisotopic (exact) mass is 291 g/mol. The Labute approximate surface area is 104 Å². The zero-order valence-corrected chi connectivity index (χ0v) is 11.8. The Balaban J connectivity index is 2.58. The number of aliphatic hydroxyl groups is 1. The summed E-state index contributed by atoms with van der Waals surface area (Å²) in [5, 5.41) is 10.5. The summed E-state index contributed by atoms with van der Waals surface area (Å²) in [6.45, 7) is 5.47. The van der Waals surface area contributed by atoms with Crippen molar-refractivity contribution < 1.29 is 5.11 Å². The van der Waals surface area contributed by atoms with Crippen molar-refractivity contribution in [2.24, 2.45) is 11.8 Å². The third kappa shape index (κ3) is 3.78. The SMILES string of the molecule is CC(C)C(CO)CN(C)c1ccc(Br)s1. The normalized spacial score (nSPS) is 13.2. The van der Waals surface area contributed by atoms with Crippen LogP contribution in [-0.2, 0) is 0 Å². The number of aliphatic hydroxyl groups excluding tert-OH is 1. The van der Waals surface area contributed by atoms with Crippen molar-refractivity contribution in [2.45, 2.75) is 13.8 Å². The molecule has 0 aliphatic carbocycles. The van der Waals surface area contributed by atoms with Crippen LogP contribution in [-0.4, -0.2) is 25.3 Å². The molecule has 86 valence electrons. The summed E-state index contributed by atoms with van der Waals surface area (Å²) in [7, 11) is 2.07. The first-order valence-electron chi connectivity index (χ1n) is 5.12. The van der Waals surface area contributed by atoms with E-state index >= 15 is 0 Å². The average molecular weight is 292 g/mol. The molecule has 1 N–H and O–H groups in total. The Bertz CT molecular complexity index is 301. The van der Waals surface area contributed by atoms with Gasteiger partial charge in [0, 0.05) is 26.1 Å². The van der Waals surface area contributed by atoms with Crippen molar-refractivity contribution >= 4 is 32.3 Å². The van der Waals surface area contributed by atoms with Gasteiger partial charge in [-0.1, -0.05) is 13.8 Å².